The molecule has 0 fully saturated rings. The van der Waals surface area contributed by atoms with Crippen LogP contribution in [0, 0.1) is 0 Å². The molecule has 8 heteroatoms. The zero-order valence-corrected chi connectivity index (χ0v) is 18.0. The standard InChI is InChI=1S/C24H20N4O3S/c1-14(29)12-15-6-8-17(9-7-15)22(31)28-23-20(21(25)30)27-24(32-23)26-19-11-10-16-4-2-3-5-18(16)13-19/h2-11,13H,12H2,1H3,(H2,25,30)(H,26,27)(H,28,31). The van der Waals surface area contributed by atoms with Gasteiger partial charge in [0.1, 0.15) is 10.8 Å². The van der Waals surface area contributed by atoms with Gasteiger partial charge in [0.2, 0.25) is 0 Å². The normalized spacial score (nSPS) is 10.7. The average Bonchev–Trinajstić information content (AvgIpc) is 3.16. The maximum atomic E-state index is 12.7. The Morgan fingerprint density at radius 3 is 2.38 bits per heavy atom. The van der Waals surface area contributed by atoms with Crippen molar-refractivity contribution in [2.75, 3.05) is 10.6 Å². The summed E-state index contributed by atoms with van der Waals surface area (Å²) in [6.45, 7) is 1.51. The molecule has 0 bridgehead atoms. The van der Waals surface area contributed by atoms with Crippen LogP contribution in [0.15, 0.2) is 66.7 Å². The Hall–Kier alpha value is -4.04. The summed E-state index contributed by atoms with van der Waals surface area (Å²) in [5.41, 5.74) is 7.47. The van der Waals surface area contributed by atoms with Crippen molar-refractivity contribution in [3.05, 3.63) is 83.6 Å². The number of aromatic nitrogens is 1. The first-order valence-electron chi connectivity index (χ1n) is 9.85. The first-order valence-corrected chi connectivity index (χ1v) is 10.7. The molecule has 1 heterocycles. The summed E-state index contributed by atoms with van der Waals surface area (Å²) < 4.78 is 0. The molecule has 0 radical (unpaired) electrons. The maximum Gasteiger partial charge on any atom is 0.270 e. The van der Waals surface area contributed by atoms with Crippen LogP contribution < -0.4 is 16.4 Å². The summed E-state index contributed by atoms with van der Waals surface area (Å²) in [7, 11) is 0. The Morgan fingerprint density at radius 1 is 0.969 bits per heavy atom. The van der Waals surface area contributed by atoms with E-state index >= 15 is 0 Å². The van der Waals surface area contributed by atoms with Crippen molar-refractivity contribution < 1.29 is 14.4 Å². The largest absolute Gasteiger partial charge is 0.364 e. The van der Waals surface area contributed by atoms with Crippen molar-refractivity contribution in [1.82, 2.24) is 4.98 Å². The van der Waals surface area contributed by atoms with E-state index in [2.05, 4.69) is 15.6 Å². The molecule has 0 aliphatic rings. The third-order valence-electron chi connectivity index (χ3n) is 4.76. The third-order valence-corrected chi connectivity index (χ3v) is 5.64. The van der Waals surface area contributed by atoms with Crippen LogP contribution >= 0.6 is 11.3 Å². The SMILES string of the molecule is CC(=O)Cc1ccc(C(=O)Nc2sc(Nc3ccc4ccccc4c3)nc2C(N)=O)cc1. The molecule has 4 rings (SSSR count). The Kier molecular flexibility index (Phi) is 5.96. The predicted octanol–water partition coefficient (Wildman–Crippen LogP) is 4.52. The molecule has 0 aliphatic carbocycles. The quantitative estimate of drug-likeness (QED) is 0.388. The summed E-state index contributed by atoms with van der Waals surface area (Å²) in [4.78, 5) is 40.0. The zero-order chi connectivity index (χ0) is 22.7. The van der Waals surface area contributed by atoms with E-state index in [1.54, 1.807) is 24.3 Å². The summed E-state index contributed by atoms with van der Waals surface area (Å²) in [5.74, 6) is -1.09. The number of Topliss-reactive ketones (excluding diaryl/α,β-unsaturated/α-hetero) is 1. The Balaban J connectivity index is 1.54. The number of nitrogens with zero attached hydrogens (tertiary/aromatic N) is 1. The molecular weight excluding hydrogens is 424 g/mol. The van der Waals surface area contributed by atoms with Crippen molar-refractivity contribution in [2.45, 2.75) is 13.3 Å². The molecule has 0 aliphatic heterocycles. The molecule has 2 amide bonds. The van der Waals surface area contributed by atoms with Gasteiger partial charge in [-0.25, -0.2) is 4.98 Å². The smallest absolute Gasteiger partial charge is 0.270 e. The van der Waals surface area contributed by atoms with Gasteiger partial charge < -0.3 is 16.4 Å². The number of anilines is 3. The van der Waals surface area contributed by atoms with Gasteiger partial charge in [-0.15, -0.1) is 0 Å². The highest BCUT2D eigenvalue weighted by molar-refractivity contribution is 7.20. The number of primary amides is 1. The second kappa shape index (κ2) is 8.99. The number of carbonyl (C=O) groups excluding carboxylic acids is 3. The lowest BCUT2D eigenvalue weighted by Gasteiger charge is -2.05. The highest BCUT2D eigenvalue weighted by Gasteiger charge is 2.19. The number of fused-ring (bicyclic) bond motifs is 1. The van der Waals surface area contributed by atoms with Crippen LogP contribution in [0.5, 0.6) is 0 Å². The van der Waals surface area contributed by atoms with Crippen LogP contribution in [0.3, 0.4) is 0 Å². The highest BCUT2D eigenvalue weighted by Crippen LogP contribution is 2.31. The fourth-order valence-corrected chi connectivity index (χ4v) is 4.14. The summed E-state index contributed by atoms with van der Waals surface area (Å²) in [5, 5.41) is 8.74. The number of hydrogen-bond donors (Lipinski definition) is 3. The van der Waals surface area contributed by atoms with E-state index < -0.39 is 11.8 Å². The number of amides is 2. The van der Waals surface area contributed by atoms with Crippen molar-refractivity contribution >= 4 is 55.5 Å². The minimum Gasteiger partial charge on any atom is -0.364 e. The summed E-state index contributed by atoms with van der Waals surface area (Å²) in [6, 6.07) is 20.5. The number of nitrogens with one attached hydrogen (secondary N) is 2. The average molecular weight is 445 g/mol. The molecule has 4 aromatic rings. The zero-order valence-electron chi connectivity index (χ0n) is 17.2. The van der Waals surface area contributed by atoms with E-state index in [0.717, 1.165) is 33.4 Å². The summed E-state index contributed by atoms with van der Waals surface area (Å²) in [6.07, 6.45) is 0.312. The first kappa shape index (κ1) is 21.2. The van der Waals surface area contributed by atoms with Gasteiger partial charge in [0.15, 0.2) is 10.8 Å². The van der Waals surface area contributed by atoms with Crippen LogP contribution in [0.4, 0.5) is 15.8 Å². The number of ketones is 1. The van der Waals surface area contributed by atoms with Crippen LogP contribution in [0.2, 0.25) is 0 Å². The number of carbonyl (C=O) groups is 3. The van der Waals surface area contributed by atoms with Crippen LogP contribution in [-0.2, 0) is 11.2 Å². The Labute approximate surface area is 188 Å². The Bertz CT molecular complexity index is 1330. The van der Waals surface area contributed by atoms with E-state index in [-0.39, 0.29) is 16.5 Å². The van der Waals surface area contributed by atoms with Crippen LogP contribution in [0.1, 0.15) is 33.3 Å². The number of thiazole rings is 1. The lowest BCUT2D eigenvalue weighted by molar-refractivity contribution is -0.116. The van der Waals surface area contributed by atoms with Crippen molar-refractivity contribution in [3.8, 4) is 0 Å². The molecule has 3 aromatic carbocycles. The minimum absolute atomic E-state index is 0.0140. The summed E-state index contributed by atoms with van der Waals surface area (Å²) >= 11 is 1.12. The molecule has 32 heavy (non-hydrogen) atoms. The van der Waals surface area contributed by atoms with Gasteiger partial charge in [-0.3, -0.25) is 14.4 Å². The first-order chi connectivity index (χ1) is 15.4. The van der Waals surface area contributed by atoms with E-state index in [1.807, 2.05) is 42.5 Å². The van der Waals surface area contributed by atoms with E-state index in [0.29, 0.717) is 17.1 Å². The number of hydrogen-bond acceptors (Lipinski definition) is 6. The molecule has 0 spiro atoms. The van der Waals surface area contributed by atoms with Gasteiger partial charge in [0.25, 0.3) is 11.8 Å². The lowest BCUT2D eigenvalue weighted by atomic mass is 10.1. The molecule has 0 unspecified atom stereocenters. The lowest BCUT2D eigenvalue weighted by Crippen LogP contribution is -2.17. The fourth-order valence-electron chi connectivity index (χ4n) is 3.25. The fraction of sp³-hybridized carbons (Fsp3) is 0.0833. The van der Waals surface area contributed by atoms with Crippen molar-refractivity contribution in [1.29, 1.82) is 0 Å². The maximum absolute atomic E-state index is 12.7. The van der Waals surface area contributed by atoms with E-state index in [1.165, 1.54) is 6.92 Å². The topological polar surface area (TPSA) is 114 Å². The predicted molar refractivity (Wildman–Crippen MR) is 127 cm³/mol. The van der Waals surface area contributed by atoms with Gasteiger partial charge in [-0.2, -0.15) is 0 Å². The molecule has 7 nitrogen and oxygen atoms in total. The van der Waals surface area contributed by atoms with E-state index in [4.69, 9.17) is 5.73 Å². The van der Waals surface area contributed by atoms with Crippen LogP contribution in [-0.4, -0.2) is 22.6 Å². The van der Waals surface area contributed by atoms with Gasteiger partial charge >= 0.3 is 0 Å². The molecule has 0 saturated carbocycles. The van der Waals surface area contributed by atoms with Gasteiger partial charge in [-0.1, -0.05) is 53.8 Å². The van der Waals surface area contributed by atoms with Crippen molar-refractivity contribution in [3.63, 3.8) is 0 Å². The Morgan fingerprint density at radius 2 is 1.69 bits per heavy atom. The van der Waals surface area contributed by atoms with Gasteiger partial charge in [0, 0.05) is 17.7 Å². The molecule has 4 N–H and O–H groups in total. The third kappa shape index (κ3) is 4.81. The van der Waals surface area contributed by atoms with Gasteiger partial charge in [0.05, 0.1) is 0 Å². The second-order valence-electron chi connectivity index (χ2n) is 7.28. The van der Waals surface area contributed by atoms with E-state index in [9.17, 15) is 14.4 Å². The number of nitrogens with two attached hydrogens (primary N) is 1. The van der Waals surface area contributed by atoms with Gasteiger partial charge in [-0.05, 0) is 47.5 Å². The second-order valence-corrected chi connectivity index (χ2v) is 8.28. The monoisotopic (exact) mass is 444 g/mol. The number of benzene rings is 3. The molecule has 160 valence electrons. The molecular formula is C24H20N4O3S. The number of rotatable bonds is 7. The molecule has 0 saturated heterocycles. The molecule has 1 aromatic heterocycles. The highest BCUT2D eigenvalue weighted by atomic mass is 32.1. The molecule has 0 atom stereocenters. The van der Waals surface area contributed by atoms with Crippen molar-refractivity contribution in [2.24, 2.45) is 5.73 Å². The van der Waals surface area contributed by atoms with Crippen LogP contribution in [0.25, 0.3) is 10.8 Å². The minimum atomic E-state index is -0.736.